The van der Waals surface area contributed by atoms with Crippen LogP contribution in [-0.2, 0) is 9.47 Å². The third-order valence-electron chi connectivity index (χ3n) is 4.45. The molecule has 2 bridgehead atoms. The maximum absolute atomic E-state index is 10.6. The van der Waals surface area contributed by atoms with Crippen molar-refractivity contribution >= 4 is 0 Å². The van der Waals surface area contributed by atoms with Gasteiger partial charge in [0.1, 0.15) is 11.0 Å². The Hall–Kier alpha value is -0.630. The van der Waals surface area contributed by atoms with Gasteiger partial charge in [-0.15, -0.1) is 0 Å². The van der Waals surface area contributed by atoms with Gasteiger partial charge in [-0.3, -0.25) is 0 Å². The summed E-state index contributed by atoms with van der Waals surface area (Å²) in [6.07, 6.45) is 2.11. The Labute approximate surface area is 96.2 Å². The Bertz CT molecular complexity index is 323. The van der Waals surface area contributed by atoms with Crippen molar-refractivity contribution in [1.82, 2.24) is 0 Å². The Kier molecular flexibility index (Phi) is 2.73. The van der Waals surface area contributed by atoms with Crippen molar-refractivity contribution in [2.24, 2.45) is 5.41 Å². The molecule has 0 aliphatic carbocycles. The van der Waals surface area contributed by atoms with E-state index in [0.29, 0.717) is 6.42 Å². The van der Waals surface area contributed by atoms with Crippen molar-refractivity contribution < 1.29 is 14.6 Å². The van der Waals surface area contributed by atoms with Gasteiger partial charge in [0, 0.05) is 7.11 Å². The van der Waals surface area contributed by atoms with E-state index in [1.165, 1.54) is 0 Å². The standard InChI is InChI=1S/C12H19NO3/c1-8(15-3)11(2,14)12(7-13)6-9-4-5-10(12)16-9/h8-10,14H,4-6H2,1-3H3. The summed E-state index contributed by atoms with van der Waals surface area (Å²) >= 11 is 0. The molecule has 0 aromatic carbocycles. The monoisotopic (exact) mass is 225 g/mol. The number of ether oxygens (including phenoxy) is 2. The van der Waals surface area contributed by atoms with E-state index in [2.05, 4.69) is 6.07 Å². The van der Waals surface area contributed by atoms with Crippen LogP contribution in [0.2, 0.25) is 0 Å². The molecule has 2 heterocycles. The predicted molar refractivity (Wildman–Crippen MR) is 57.7 cm³/mol. The molecule has 0 aromatic heterocycles. The molecule has 0 saturated carbocycles. The lowest BCUT2D eigenvalue weighted by atomic mass is 9.63. The normalized spacial score (nSPS) is 42.7. The fourth-order valence-corrected chi connectivity index (χ4v) is 3.06. The molecule has 2 rings (SSSR count). The van der Waals surface area contributed by atoms with Crippen molar-refractivity contribution in [1.29, 1.82) is 5.26 Å². The molecule has 2 saturated heterocycles. The van der Waals surface area contributed by atoms with Gasteiger partial charge in [0.05, 0.1) is 24.4 Å². The van der Waals surface area contributed by atoms with E-state index >= 15 is 0 Å². The molecule has 5 unspecified atom stereocenters. The minimum absolute atomic E-state index is 0.139. The zero-order valence-electron chi connectivity index (χ0n) is 10.1. The number of methoxy groups -OCH3 is 1. The first-order valence-electron chi connectivity index (χ1n) is 5.80. The van der Waals surface area contributed by atoms with E-state index in [-0.39, 0.29) is 18.3 Å². The first-order chi connectivity index (χ1) is 7.48. The van der Waals surface area contributed by atoms with Crippen LogP contribution in [0.1, 0.15) is 33.1 Å². The lowest BCUT2D eigenvalue weighted by molar-refractivity contribution is -0.148. The fraction of sp³-hybridized carbons (Fsp3) is 0.917. The highest BCUT2D eigenvalue weighted by atomic mass is 16.5. The van der Waals surface area contributed by atoms with E-state index in [1.807, 2.05) is 0 Å². The summed E-state index contributed by atoms with van der Waals surface area (Å²) in [5, 5.41) is 20.1. The zero-order chi connectivity index (χ0) is 12.0. The second-order valence-electron chi connectivity index (χ2n) is 5.14. The number of nitriles is 1. The predicted octanol–water partition coefficient (Wildman–Crippen LogP) is 1.23. The molecule has 1 N–H and O–H groups in total. The van der Waals surface area contributed by atoms with Crippen molar-refractivity contribution in [3.63, 3.8) is 0 Å². The summed E-state index contributed by atoms with van der Waals surface area (Å²) in [4.78, 5) is 0. The summed E-state index contributed by atoms with van der Waals surface area (Å²) in [5.74, 6) is 0. The second kappa shape index (κ2) is 3.69. The van der Waals surface area contributed by atoms with E-state index in [1.54, 1.807) is 21.0 Å². The number of aliphatic hydroxyl groups is 1. The SMILES string of the molecule is COC(C)C(C)(O)C1(C#N)CC2CCC1O2. The van der Waals surface area contributed by atoms with Gasteiger partial charge in [-0.25, -0.2) is 0 Å². The zero-order valence-corrected chi connectivity index (χ0v) is 10.1. The molecule has 0 aromatic rings. The van der Waals surface area contributed by atoms with Crippen LogP contribution in [0.5, 0.6) is 0 Å². The largest absolute Gasteiger partial charge is 0.386 e. The third kappa shape index (κ3) is 1.32. The Morgan fingerprint density at radius 2 is 2.31 bits per heavy atom. The van der Waals surface area contributed by atoms with Crippen LogP contribution in [0.4, 0.5) is 0 Å². The molecule has 0 spiro atoms. The molecule has 4 heteroatoms. The van der Waals surface area contributed by atoms with Gasteiger partial charge in [0.15, 0.2) is 0 Å². The van der Waals surface area contributed by atoms with Crippen molar-refractivity contribution in [2.45, 2.75) is 57.0 Å². The molecule has 5 atom stereocenters. The second-order valence-corrected chi connectivity index (χ2v) is 5.14. The summed E-state index contributed by atoms with van der Waals surface area (Å²) in [6.45, 7) is 3.49. The van der Waals surface area contributed by atoms with Crippen LogP contribution in [0.15, 0.2) is 0 Å². The van der Waals surface area contributed by atoms with E-state index in [9.17, 15) is 10.4 Å². The van der Waals surface area contributed by atoms with E-state index in [0.717, 1.165) is 12.8 Å². The fourth-order valence-electron chi connectivity index (χ4n) is 3.06. The quantitative estimate of drug-likeness (QED) is 0.784. The molecule has 2 aliphatic heterocycles. The number of hydrogen-bond acceptors (Lipinski definition) is 4. The molecular weight excluding hydrogens is 206 g/mol. The number of hydrogen-bond donors (Lipinski definition) is 1. The number of fused-ring (bicyclic) bond motifs is 2. The first kappa shape index (κ1) is 11.8. The van der Waals surface area contributed by atoms with Crippen LogP contribution >= 0.6 is 0 Å². The van der Waals surface area contributed by atoms with Gasteiger partial charge in [0.2, 0.25) is 0 Å². The highest BCUT2D eigenvalue weighted by molar-refractivity contribution is 5.21. The van der Waals surface area contributed by atoms with Crippen LogP contribution < -0.4 is 0 Å². The molecule has 0 amide bonds. The third-order valence-corrected chi connectivity index (χ3v) is 4.45. The van der Waals surface area contributed by atoms with Gasteiger partial charge in [-0.2, -0.15) is 5.26 Å². The molecule has 90 valence electrons. The maximum atomic E-state index is 10.6. The molecular formula is C12H19NO3. The molecule has 4 nitrogen and oxygen atoms in total. The van der Waals surface area contributed by atoms with Crippen molar-refractivity contribution in [2.75, 3.05) is 7.11 Å². The van der Waals surface area contributed by atoms with E-state index < -0.39 is 11.0 Å². The highest BCUT2D eigenvalue weighted by Crippen LogP contribution is 2.54. The van der Waals surface area contributed by atoms with Crippen LogP contribution in [0.3, 0.4) is 0 Å². The van der Waals surface area contributed by atoms with Gasteiger partial charge < -0.3 is 14.6 Å². The Morgan fingerprint density at radius 3 is 2.69 bits per heavy atom. The molecule has 2 fully saturated rings. The van der Waals surface area contributed by atoms with E-state index in [4.69, 9.17) is 9.47 Å². The summed E-state index contributed by atoms with van der Waals surface area (Å²) in [6, 6.07) is 2.31. The van der Waals surface area contributed by atoms with Gasteiger partial charge in [-0.05, 0) is 33.1 Å². The molecule has 16 heavy (non-hydrogen) atoms. The minimum atomic E-state index is -1.17. The van der Waals surface area contributed by atoms with Crippen molar-refractivity contribution in [3.8, 4) is 6.07 Å². The van der Waals surface area contributed by atoms with Gasteiger partial charge >= 0.3 is 0 Å². The van der Waals surface area contributed by atoms with Crippen LogP contribution in [0.25, 0.3) is 0 Å². The van der Waals surface area contributed by atoms with Gasteiger partial charge in [-0.1, -0.05) is 0 Å². The number of rotatable bonds is 3. The first-order valence-corrected chi connectivity index (χ1v) is 5.80. The maximum Gasteiger partial charge on any atom is 0.117 e. The minimum Gasteiger partial charge on any atom is -0.386 e. The highest BCUT2D eigenvalue weighted by Gasteiger charge is 2.63. The van der Waals surface area contributed by atoms with Crippen LogP contribution in [-0.4, -0.2) is 36.1 Å². The van der Waals surface area contributed by atoms with Gasteiger partial charge in [0.25, 0.3) is 0 Å². The lowest BCUT2D eigenvalue weighted by Gasteiger charge is -2.44. The number of nitrogens with zero attached hydrogens (tertiary/aromatic N) is 1. The summed E-state index contributed by atoms with van der Waals surface area (Å²) < 4.78 is 10.9. The van der Waals surface area contributed by atoms with Crippen LogP contribution in [0, 0.1) is 16.7 Å². The molecule has 2 aliphatic rings. The lowest BCUT2D eigenvalue weighted by Crippen LogP contribution is -2.57. The summed E-state index contributed by atoms with van der Waals surface area (Å²) in [7, 11) is 1.55. The average Bonchev–Trinajstić information content (AvgIpc) is 2.87. The topological polar surface area (TPSA) is 62.5 Å². The smallest absolute Gasteiger partial charge is 0.117 e. The summed E-state index contributed by atoms with van der Waals surface area (Å²) in [5.41, 5.74) is -1.98. The Balaban J connectivity index is 2.33. The average molecular weight is 225 g/mol. The van der Waals surface area contributed by atoms with Crippen molar-refractivity contribution in [3.05, 3.63) is 0 Å². The molecule has 0 radical (unpaired) electrons. The Morgan fingerprint density at radius 1 is 1.62 bits per heavy atom.